The molecule has 11 heteroatoms. The van der Waals surface area contributed by atoms with E-state index in [0.717, 1.165) is 0 Å². The normalized spacial score (nSPS) is 26.0. The largest absolute Gasteiger partial charge is 0.407 e. The van der Waals surface area contributed by atoms with Crippen LogP contribution in [0.3, 0.4) is 0 Å². The zero-order chi connectivity index (χ0) is 22.4. The number of aromatic nitrogens is 4. The first-order chi connectivity index (χ1) is 13.9. The molecule has 1 unspecified atom stereocenters. The van der Waals surface area contributed by atoms with Crippen molar-refractivity contribution in [2.24, 2.45) is 0 Å². The van der Waals surface area contributed by atoms with Gasteiger partial charge in [-0.25, -0.2) is 4.98 Å². The highest BCUT2D eigenvalue weighted by atomic mass is 28.4. The summed E-state index contributed by atoms with van der Waals surface area (Å²) in [7, 11) is -2.30. The minimum Gasteiger partial charge on any atom is -0.407 e. The standard InChI is InChI=1S/C18H29N5O5Si/c1-9-12(25)13(28-29(6,7)18(3,4)5)16(27-9)23-8-19-11-14(23)21-17(20-10(2)24)22-15(11)26/h8-9,12-13,16,25H,1-7H3,(H2,20,21,22,24,26)/t9-,12?,13+,16-/m1/s1/i1D. The summed E-state index contributed by atoms with van der Waals surface area (Å²) in [5.41, 5.74) is -0.253. The Morgan fingerprint density at radius 3 is 2.76 bits per heavy atom. The number of hydrogen-bond donors (Lipinski definition) is 3. The molecule has 160 valence electrons. The Labute approximate surface area is 171 Å². The zero-order valence-electron chi connectivity index (χ0n) is 18.5. The number of H-pyrrole nitrogens is 1. The van der Waals surface area contributed by atoms with Crippen LogP contribution in [0.15, 0.2) is 11.1 Å². The Balaban J connectivity index is 2.07. The van der Waals surface area contributed by atoms with Gasteiger partial charge in [0.1, 0.15) is 12.2 Å². The molecule has 1 aliphatic rings. The number of hydrogen-bond acceptors (Lipinski definition) is 7. The van der Waals surface area contributed by atoms with E-state index in [4.69, 9.17) is 10.5 Å². The summed E-state index contributed by atoms with van der Waals surface area (Å²) >= 11 is 0. The number of anilines is 1. The molecule has 0 aromatic carbocycles. The molecule has 2 aromatic heterocycles. The molecule has 4 atom stereocenters. The van der Waals surface area contributed by atoms with E-state index in [0.29, 0.717) is 0 Å². The van der Waals surface area contributed by atoms with Gasteiger partial charge in [-0.15, -0.1) is 0 Å². The molecule has 1 saturated heterocycles. The number of aliphatic hydroxyl groups excluding tert-OH is 1. The molecule has 0 aliphatic carbocycles. The number of aromatic amines is 1. The van der Waals surface area contributed by atoms with E-state index >= 15 is 0 Å². The van der Waals surface area contributed by atoms with Gasteiger partial charge in [-0.3, -0.25) is 24.5 Å². The van der Waals surface area contributed by atoms with E-state index < -0.39 is 38.4 Å². The van der Waals surface area contributed by atoms with Crippen molar-refractivity contribution in [3.63, 3.8) is 0 Å². The molecule has 3 rings (SSSR count). The van der Waals surface area contributed by atoms with Crippen molar-refractivity contribution in [2.45, 2.75) is 77.3 Å². The SMILES string of the molecule is [2H]C[C@H]1O[C@@H](n2cnc3c(=O)[nH]c(NC(C)=O)nc32)[C@@H](O[Si](C)(C)C(C)(C)C)C1O. The zero-order valence-corrected chi connectivity index (χ0v) is 18.5. The second-order valence-electron chi connectivity index (χ2n) is 8.82. The van der Waals surface area contributed by atoms with Gasteiger partial charge >= 0.3 is 0 Å². The Kier molecular flexibility index (Phi) is 5.09. The first-order valence-corrected chi connectivity index (χ1v) is 12.3. The van der Waals surface area contributed by atoms with Gasteiger partial charge in [0.15, 0.2) is 25.7 Å². The molecule has 3 heterocycles. The summed E-state index contributed by atoms with van der Waals surface area (Å²) in [6, 6.07) is 0. The molecular weight excluding hydrogens is 394 g/mol. The van der Waals surface area contributed by atoms with Gasteiger partial charge in [0.05, 0.1) is 12.4 Å². The number of imidazole rings is 1. The average molecular weight is 425 g/mol. The number of carbonyl (C=O) groups is 1. The van der Waals surface area contributed by atoms with Crippen LogP contribution in [0.25, 0.3) is 11.2 Å². The molecule has 1 fully saturated rings. The topological polar surface area (TPSA) is 131 Å². The number of aliphatic hydroxyl groups is 1. The van der Waals surface area contributed by atoms with E-state index in [-0.39, 0.29) is 35.0 Å². The maximum Gasteiger partial charge on any atom is 0.280 e. The average Bonchev–Trinajstić information content (AvgIpc) is 3.15. The molecule has 1 amide bonds. The van der Waals surface area contributed by atoms with Gasteiger partial charge in [0, 0.05) is 8.29 Å². The molecule has 0 bridgehead atoms. The van der Waals surface area contributed by atoms with E-state index in [1.165, 1.54) is 17.8 Å². The minimum absolute atomic E-state index is 0.0146. The van der Waals surface area contributed by atoms with Crippen LogP contribution in [0.4, 0.5) is 5.95 Å². The summed E-state index contributed by atoms with van der Waals surface area (Å²) in [4.78, 5) is 34.6. The van der Waals surface area contributed by atoms with Crippen LogP contribution in [-0.4, -0.2) is 57.2 Å². The first kappa shape index (κ1) is 20.2. The highest BCUT2D eigenvalue weighted by molar-refractivity contribution is 6.74. The van der Waals surface area contributed by atoms with Gasteiger partial charge in [-0.05, 0) is 25.0 Å². The van der Waals surface area contributed by atoms with Crippen LogP contribution >= 0.6 is 0 Å². The van der Waals surface area contributed by atoms with Gasteiger partial charge in [-0.2, -0.15) is 4.98 Å². The third-order valence-corrected chi connectivity index (χ3v) is 10.0. The number of fused-ring (bicyclic) bond motifs is 1. The quantitative estimate of drug-likeness (QED) is 0.637. The molecule has 29 heavy (non-hydrogen) atoms. The van der Waals surface area contributed by atoms with Crippen molar-refractivity contribution >= 4 is 31.3 Å². The van der Waals surface area contributed by atoms with Crippen molar-refractivity contribution in [1.82, 2.24) is 19.5 Å². The van der Waals surface area contributed by atoms with E-state index in [1.54, 1.807) is 0 Å². The molecule has 3 N–H and O–H groups in total. The third kappa shape index (κ3) is 3.99. The number of rotatable bonds is 4. The van der Waals surface area contributed by atoms with Crippen LogP contribution in [0.2, 0.25) is 18.1 Å². The predicted octanol–water partition coefficient (Wildman–Crippen LogP) is 1.75. The molecule has 2 aromatic rings. The van der Waals surface area contributed by atoms with Crippen LogP contribution in [0.5, 0.6) is 0 Å². The van der Waals surface area contributed by atoms with Crippen LogP contribution in [-0.2, 0) is 14.0 Å². The maximum atomic E-state index is 12.4. The summed E-state index contributed by atoms with van der Waals surface area (Å²) in [6.07, 6.45) is -1.95. The summed E-state index contributed by atoms with van der Waals surface area (Å²) < 4.78 is 21.7. The maximum absolute atomic E-state index is 12.4. The van der Waals surface area contributed by atoms with Crippen molar-refractivity contribution in [3.05, 3.63) is 16.7 Å². The van der Waals surface area contributed by atoms with E-state index in [1.807, 2.05) is 0 Å². The second-order valence-corrected chi connectivity index (χ2v) is 13.6. The highest BCUT2D eigenvalue weighted by Gasteiger charge is 2.49. The van der Waals surface area contributed by atoms with Crippen molar-refractivity contribution < 1.29 is 20.4 Å². The van der Waals surface area contributed by atoms with Gasteiger partial charge < -0.3 is 14.3 Å². The number of carbonyl (C=O) groups excluding carboxylic acids is 1. The Morgan fingerprint density at radius 2 is 2.17 bits per heavy atom. The monoisotopic (exact) mass is 424 g/mol. The Bertz CT molecular complexity index is 1000. The summed E-state index contributed by atoms with van der Waals surface area (Å²) in [5.74, 6) is -0.399. The lowest BCUT2D eigenvalue weighted by Gasteiger charge is -2.40. The van der Waals surface area contributed by atoms with Crippen LogP contribution in [0.1, 0.15) is 42.2 Å². The molecular formula is C18H29N5O5Si. The van der Waals surface area contributed by atoms with Gasteiger partial charge in [-0.1, -0.05) is 20.8 Å². The fraction of sp³-hybridized carbons (Fsp3) is 0.667. The molecule has 0 spiro atoms. The number of nitrogens with zero attached hydrogens (tertiary/aromatic N) is 3. The fourth-order valence-electron chi connectivity index (χ4n) is 2.92. The minimum atomic E-state index is -2.30. The lowest BCUT2D eigenvalue weighted by Crippen LogP contribution is -2.48. The lowest BCUT2D eigenvalue weighted by molar-refractivity contribution is -0.114. The summed E-state index contributed by atoms with van der Waals surface area (Å²) in [6.45, 7) is 11.6. The van der Waals surface area contributed by atoms with Gasteiger partial charge in [0.25, 0.3) is 5.56 Å². The van der Waals surface area contributed by atoms with E-state index in [9.17, 15) is 14.7 Å². The van der Waals surface area contributed by atoms with E-state index in [2.05, 4.69) is 54.1 Å². The molecule has 0 radical (unpaired) electrons. The Hall–Kier alpha value is -2.08. The Morgan fingerprint density at radius 1 is 1.48 bits per heavy atom. The molecule has 10 nitrogen and oxygen atoms in total. The fourth-order valence-corrected chi connectivity index (χ4v) is 4.21. The third-order valence-electron chi connectivity index (χ3n) is 5.55. The second kappa shape index (κ2) is 7.31. The van der Waals surface area contributed by atoms with Crippen LogP contribution < -0.4 is 10.9 Å². The first-order valence-electron chi connectivity index (χ1n) is 10.1. The lowest BCUT2D eigenvalue weighted by atomic mass is 10.1. The smallest absolute Gasteiger partial charge is 0.280 e. The van der Waals surface area contributed by atoms with Gasteiger partial charge in [0.2, 0.25) is 11.9 Å². The highest BCUT2D eigenvalue weighted by Crippen LogP contribution is 2.42. The van der Waals surface area contributed by atoms with Crippen molar-refractivity contribution in [2.75, 3.05) is 5.32 Å². The number of nitrogens with one attached hydrogen (secondary N) is 2. The van der Waals surface area contributed by atoms with Crippen molar-refractivity contribution in [3.8, 4) is 0 Å². The number of amides is 1. The molecule has 0 saturated carbocycles. The van der Waals surface area contributed by atoms with Crippen molar-refractivity contribution in [1.29, 1.82) is 0 Å². The molecule has 1 aliphatic heterocycles. The number of ether oxygens (including phenoxy) is 1. The predicted molar refractivity (Wildman–Crippen MR) is 110 cm³/mol. The van der Waals surface area contributed by atoms with Crippen LogP contribution in [0, 0.1) is 0 Å². The summed E-state index contributed by atoms with van der Waals surface area (Å²) in [5, 5.41) is 13.2.